The van der Waals surface area contributed by atoms with Gasteiger partial charge in [0, 0.05) is 6.42 Å². The minimum Gasteiger partial charge on any atom is -0.329 e. The van der Waals surface area contributed by atoms with Gasteiger partial charge < -0.3 is 5.32 Å². The smallest absolute Gasteiger partial charge is 0.329 e. The second-order valence-electron chi connectivity index (χ2n) is 4.84. The van der Waals surface area contributed by atoms with E-state index in [0.29, 0.717) is 6.42 Å². The third-order valence-electron chi connectivity index (χ3n) is 2.95. The molecule has 1 unspecified atom stereocenters. The number of rotatable bonds is 12. The first-order valence-corrected chi connectivity index (χ1v) is 8.70. The number of nitrogens with one attached hydrogen (secondary N) is 1. The van der Waals surface area contributed by atoms with Crippen LogP contribution in [0.2, 0.25) is 0 Å². The highest BCUT2D eigenvalue weighted by atomic mass is 32.3. The van der Waals surface area contributed by atoms with Gasteiger partial charge in [-0.25, -0.2) is 4.18 Å². The average Bonchev–Trinajstić information content (AvgIpc) is 2.35. The Morgan fingerprint density at radius 3 is 2.15 bits per heavy atom. The first-order valence-electron chi connectivity index (χ1n) is 7.34. The van der Waals surface area contributed by atoms with Crippen LogP contribution in [0.3, 0.4) is 0 Å². The molecule has 1 amide bonds. The third kappa shape index (κ3) is 12.4. The van der Waals surface area contributed by atoms with Crippen molar-refractivity contribution in [3.63, 3.8) is 0 Å². The van der Waals surface area contributed by atoms with Gasteiger partial charge in [0.15, 0.2) is 6.23 Å². The minimum atomic E-state index is -4.55. The fourth-order valence-corrected chi connectivity index (χ4v) is 2.30. The molecule has 0 radical (unpaired) electrons. The van der Waals surface area contributed by atoms with Crippen molar-refractivity contribution >= 4 is 16.3 Å². The molecular formula is C13H27NO5S. The van der Waals surface area contributed by atoms with E-state index in [2.05, 4.69) is 16.4 Å². The summed E-state index contributed by atoms with van der Waals surface area (Å²) in [5.41, 5.74) is 0. The average molecular weight is 309 g/mol. The Balaban J connectivity index is 3.94. The number of hydrogen-bond donors (Lipinski definition) is 2. The van der Waals surface area contributed by atoms with Gasteiger partial charge in [-0.3, -0.25) is 9.35 Å². The van der Waals surface area contributed by atoms with Crippen LogP contribution in [0.4, 0.5) is 0 Å². The first kappa shape index (κ1) is 19.3. The van der Waals surface area contributed by atoms with Gasteiger partial charge in [-0.05, 0) is 12.8 Å². The van der Waals surface area contributed by atoms with Crippen LogP contribution in [-0.2, 0) is 19.4 Å². The summed E-state index contributed by atoms with van der Waals surface area (Å²) in [4.78, 5) is 11.2. The zero-order valence-corrected chi connectivity index (χ0v) is 13.2. The Bertz CT molecular complexity index is 356. The first-order chi connectivity index (χ1) is 9.39. The van der Waals surface area contributed by atoms with Crippen molar-refractivity contribution in [3.8, 4) is 0 Å². The SMILES string of the molecule is CCCCCCCCCC(NC(=O)CC)OS(=O)(=O)O. The Hall–Kier alpha value is -0.660. The summed E-state index contributed by atoms with van der Waals surface area (Å²) in [5.74, 6) is -0.304. The largest absolute Gasteiger partial charge is 0.399 e. The maximum Gasteiger partial charge on any atom is 0.399 e. The third-order valence-corrected chi connectivity index (χ3v) is 3.43. The summed E-state index contributed by atoms with van der Waals surface area (Å²) in [7, 11) is -4.55. The molecule has 0 aliphatic carbocycles. The monoisotopic (exact) mass is 309 g/mol. The molecule has 0 aromatic heterocycles. The summed E-state index contributed by atoms with van der Waals surface area (Å²) < 4.78 is 34.5. The summed E-state index contributed by atoms with van der Waals surface area (Å²) >= 11 is 0. The number of unbranched alkanes of at least 4 members (excludes halogenated alkanes) is 6. The molecule has 0 saturated heterocycles. The quantitative estimate of drug-likeness (QED) is 0.328. The van der Waals surface area contributed by atoms with E-state index in [-0.39, 0.29) is 12.3 Å². The van der Waals surface area contributed by atoms with Crippen molar-refractivity contribution in [1.82, 2.24) is 5.32 Å². The molecule has 120 valence electrons. The lowest BCUT2D eigenvalue weighted by atomic mass is 10.1. The predicted octanol–water partition coefficient (Wildman–Crippen LogP) is 2.80. The molecule has 6 nitrogen and oxygen atoms in total. The minimum absolute atomic E-state index is 0.238. The van der Waals surface area contributed by atoms with Crippen LogP contribution in [-0.4, -0.2) is 25.1 Å². The van der Waals surface area contributed by atoms with Gasteiger partial charge in [-0.2, -0.15) is 8.42 Å². The lowest BCUT2D eigenvalue weighted by Crippen LogP contribution is -2.37. The number of carbonyl (C=O) groups excluding carboxylic acids is 1. The lowest BCUT2D eigenvalue weighted by Gasteiger charge is -2.16. The van der Waals surface area contributed by atoms with Crippen LogP contribution < -0.4 is 5.32 Å². The van der Waals surface area contributed by atoms with Crippen LogP contribution >= 0.6 is 0 Å². The normalized spacial score (nSPS) is 13.2. The summed E-state index contributed by atoms with van der Waals surface area (Å²) in [6.07, 6.45) is 7.24. The Labute approximate surface area is 122 Å². The molecule has 2 N–H and O–H groups in total. The van der Waals surface area contributed by atoms with E-state index in [1.807, 2.05) is 0 Å². The molecule has 20 heavy (non-hydrogen) atoms. The zero-order valence-electron chi connectivity index (χ0n) is 12.4. The van der Waals surface area contributed by atoms with E-state index >= 15 is 0 Å². The highest BCUT2D eigenvalue weighted by Gasteiger charge is 2.18. The lowest BCUT2D eigenvalue weighted by molar-refractivity contribution is -0.123. The molecule has 0 saturated carbocycles. The molecular weight excluding hydrogens is 282 g/mol. The molecule has 1 atom stereocenters. The molecule has 0 aromatic carbocycles. The molecule has 0 heterocycles. The van der Waals surface area contributed by atoms with Gasteiger partial charge >= 0.3 is 10.4 Å². The molecule has 0 rings (SSSR count). The number of amides is 1. The van der Waals surface area contributed by atoms with Crippen LogP contribution in [0.5, 0.6) is 0 Å². The Morgan fingerprint density at radius 2 is 1.65 bits per heavy atom. The van der Waals surface area contributed by atoms with E-state index in [1.165, 1.54) is 25.7 Å². The van der Waals surface area contributed by atoms with Gasteiger partial charge in [-0.15, -0.1) is 0 Å². The maximum atomic E-state index is 11.2. The summed E-state index contributed by atoms with van der Waals surface area (Å²) in [6, 6.07) is 0. The topological polar surface area (TPSA) is 92.7 Å². The second-order valence-corrected chi connectivity index (χ2v) is 5.89. The Kier molecular flexibility index (Phi) is 10.7. The van der Waals surface area contributed by atoms with Crippen molar-refractivity contribution in [2.24, 2.45) is 0 Å². The van der Waals surface area contributed by atoms with Crippen LogP contribution in [0.15, 0.2) is 0 Å². The van der Waals surface area contributed by atoms with Gasteiger partial charge in [0.25, 0.3) is 0 Å². The summed E-state index contributed by atoms with van der Waals surface area (Å²) in [5, 5.41) is 2.43. The molecule has 0 aliphatic heterocycles. The molecule has 0 spiro atoms. The van der Waals surface area contributed by atoms with Crippen molar-refractivity contribution in [3.05, 3.63) is 0 Å². The molecule has 7 heteroatoms. The van der Waals surface area contributed by atoms with Gasteiger partial charge in [-0.1, -0.05) is 52.4 Å². The zero-order chi connectivity index (χ0) is 15.4. The Morgan fingerprint density at radius 1 is 1.10 bits per heavy atom. The molecule has 0 aromatic rings. The van der Waals surface area contributed by atoms with Crippen molar-refractivity contribution in [1.29, 1.82) is 0 Å². The van der Waals surface area contributed by atoms with Crippen LogP contribution in [0.1, 0.15) is 71.6 Å². The van der Waals surface area contributed by atoms with Crippen molar-refractivity contribution < 1.29 is 21.9 Å². The summed E-state index contributed by atoms with van der Waals surface area (Å²) in [6.45, 7) is 3.82. The van der Waals surface area contributed by atoms with E-state index in [9.17, 15) is 13.2 Å². The van der Waals surface area contributed by atoms with E-state index < -0.39 is 16.6 Å². The van der Waals surface area contributed by atoms with E-state index in [1.54, 1.807) is 6.92 Å². The standard InChI is InChI=1S/C13H27NO5S/c1-3-5-6-7-8-9-10-11-13(14-12(15)4-2)19-20(16,17)18/h13H,3-11H2,1-2H3,(H,14,15)(H,16,17,18). The molecule has 0 fully saturated rings. The van der Waals surface area contributed by atoms with Gasteiger partial charge in [0.1, 0.15) is 0 Å². The van der Waals surface area contributed by atoms with Crippen molar-refractivity contribution in [2.75, 3.05) is 0 Å². The van der Waals surface area contributed by atoms with Gasteiger partial charge in [0.05, 0.1) is 0 Å². The predicted molar refractivity (Wildman–Crippen MR) is 77.5 cm³/mol. The van der Waals surface area contributed by atoms with E-state index in [0.717, 1.165) is 19.3 Å². The highest BCUT2D eigenvalue weighted by Crippen LogP contribution is 2.11. The fourth-order valence-electron chi connectivity index (χ4n) is 1.86. The van der Waals surface area contributed by atoms with Gasteiger partial charge in [0.2, 0.25) is 5.91 Å². The molecule has 0 aliphatic rings. The second kappa shape index (κ2) is 11.0. The molecule has 0 bridgehead atoms. The maximum absolute atomic E-state index is 11.2. The highest BCUT2D eigenvalue weighted by molar-refractivity contribution is 7.80. The van der Waals surface area contributed by atoms with E-state index in [4.69, 9.17) is 4.55 Å². The van der Waals surface area contributed by atoms with Crippen LogP contribution in [0, 0.1) is 0 Å². The fraction of sp³-hybridized carbons (Fsp3) is 0.923. The van der Waals surface area contributed by atoms with Crippen molar-refractivity contribution in [2.45, 2.75) is 77.9 Å². The number of hydrogen-bond acceptors (Lipinski definition) is 4. The van der Waals surface area contributed by atoms with Crippen LogP contribution in [0.25, 0.3) is 0 Å². The number of carbonyl (C=O) groups is 1.